The number of aryl methyl sites for hydroxylation is 3. The summed E-state index contributed by atoms with van der Waals surface area (Å²) in [5.41, 5.74) is 1.64. The van der Waals surface area contributed by atoms with Crippen LogP contribution in [-0.2, 0) is 11.3 Å². The second kappa shape index (κ2) is 6.60. The molecular weight excluding hydrogens is 374 g/mol. The van der Waals surface area contributed by atoms with Crippen molar-refractivity contribution in [2.45, 2.75) is 26.8 Å². The van der Waals surface area contributed by atoms with Crippen LogP contribution in [0.2, 0.25) is 0 Å². The minimum atomic E-state index is -0.190. The molecule has 0 spiro atoms. The molecule has 0 bridgehead atoms. The van der Waals surface area contributed by atoms with E-state index in [0.717, 1.165) is 10.0 Å². The van der Waals surface area contributed by atoms with Crippen LogP contribution in [0.15, 0.2) is 44.3 Å². The standard InChI is InChI=1S/C17H16BrN3O3/c1-10-11(2)24-16-15(10)17(23)21(9-19-16)7-6-14(22)20-13-5-3-4-12(18)8-13/h3-5,8-9H,6-7H2,1-2H3,(H,20,22). The molecule has 0 aliphatic carbocycles. The molecule has 3 aromatic rings. The highest BCUT2D eigenvalue weighted by atomic mass is 79.9. The quantitative estimate of drug-likeness (QED) is 0.741. The van der Waals surface area contributed by atoms with Crippen LogP contribution in [0.5, 0.6) is 0 Å². The summed E-state index contributed by atoms with van der Waals surface area (Å²) in [4.78, 5) is 28.7. The lowest BCUT2D eigenvalue weighted by atomic mass is 10.2. The number of aromatic nitrogens is 2. The summed E-state index contributed by atoms with van der Waals surface area (Å²) in [6, 6.07) is 7.34. The smallest absolute Gasteiger partial charge is 0.264 e. The van der Waals surface area contributed by atoms with E-state index in [-0.39, 0.29) is 24.4 Å². The Kier molecular flexibility index (Phi) is 4.53. The van der Waals surface area contributed by atoms with E-state index in [1.165, 1.54) is 10.9 Å². The first-order valence-corrected chi connectivity index (χ1v) is 8.25. The normalized spacial score (nSPS) is 11.0. The minimum Gasteiger partial charge on any atom is -0.443 e. The molecule has 2 aromatic heterocycles. The van der Waals surface area contributed by atoms with Crippen molar-refractivity contribution in [2.24, 2.45) is 0 Å². The van der Waals surface area contributed by atoms with E-state index in [2.05, 4.69) is 26.2 Å². The van der Waals surface area contributed by atoms with Gasteiger partial charge in [0.25, 0.3) is 5.56 Å². The highest BCUT2D eigenvalue weighted by Crippen LogP contribution is 2.19. The van der Waals surface area contributed by atoms with E-state index in [4.69, 9.17) is 4.42 Å². The number of furan rings is 1. The first-order chi connectivity index (χ1) is 11.5. The zero-order chi connectivity index (χ0) is 17.3. The van der Waals surface area contributed by atoms with Crippen LogP contribution in [0.1, 0.15) is 17.7 Å². The lowest BCUT2D eigenvalue weighted by molar-refractivity contribution is -0.116. The van der Waals surface area contributed by atoms with E-state index in [9.17, 15) is 9.59 Å². The molecule has 0 saturated heterocycles. The lowest BCUT2D eigenvalue weighted by Gasteiger charge is -2.07. The summed E-state index contributed by atoms with van der Waals surface area (Å²) < 4.78 is 7.76. The number of anilines is 1. The number of carbonyl (C=O) groups is 1. The topological polar surface area (TPSA) is 77.1 Å². The maximum absolute atomic E-state index is 12.5. The second-order valence-corrected chi connectivity index (χ2v) is 6.43. The third-order valence-electron chi connectivity index (χ3n) is 3.84. The molecule has 7 heteroatoms. The van der Waals surface area contributed by atoms with Crippen LogP contribution in [0, 0.1) is 13.8 Å². The molecule has 0 saturated carbocycles. The van der Waals surface area contributed by atoms with Crippen molar-refractivity contribution in [1.82, 2.24) is 9.55 Å². The van der Waals surface area contributed by atoms with Crippen LogP contribution in [-0.4, -0.2) is 15.5 Å². The lowest BCUT2D eigenvalue weighted by Crippen LogP contribution is -2.23. The molecule has 0 radical (unpaired) electrons. The number of fused-ring (bicyclic) bond motifs is 1. The number of benzene rings is 1. The average Bonchev–Trinajstić information content (AvgIpc) is 2.82. The highest BCUT2D eigenvalue weighted by molar-refractivity contribution is 9.10. The number of hydrogen-bond acceptors (Lipinski definition) is 4. The van der Waals surface area contributed by atoms with E-state index in [0.29, 0.717) is 22.5 Å². The molecule has 6 nitrogen and oxygen atoms in total. The number of hydrogen-bond donors (Lipinski definition) is 1. The second-order valence-electron chi connectivity index (χ2n) is 5.52. The Balaban J connectivity index is 1.74. The zero-order valence-electron chi connectivity index (χ0n) is 13.3. The Morgan fingerprint density at radius 2 is 2.17 bits per heavy atom. The van der Waals surface area contributed by atoms with Crippen molar-refractivity contribution in [2.75, 3.05) is 5.32 Å². The first-order valence-electron chi connectivity index (χ1n) is 7.46. The van der Waals surface area contributed by atoms with Gasteiger partial charge in [-0.3, -0.25) is 14.2 Å². The van der Waals surface area contributed by atoms with Crippen molar-refractivity contribution in [3.8, 4) is 0 Å². The van der Waals surface area contributed by atoms with Gasteiger partial charge in [-0.2, -0.15) is 0 Å². The Labute approximate surface area is 146 Å². The molecule has 0 aliphatic rings. The highest BCUT2D eigenvalue weighted by Gasteiger charge is 2.14. The molecule has 0 aliphatic heterocycles. The molecule has 1 N–H and O–H groups in total. The van der Waals surface area contributed by atoms with Gasteiger partial charge in [0.05, 0.1) is 0 Å². The Morgan fingerprint density at radius 1 is 1.38 bits per heavy atom. The van der Waals surface area contributed by atoms with Crippen molar-refractivity contribution in [1.29, 1.82) is 0 Å². The summed E-state index contributed by atoms with van der Waals surface area (Å²) in [5, 5.41) is 3.28. The number of nitrogens with one attached hydrogen (secondary N) is 1. The van der Waals surface area contributed by atoms with Crippen LogP contribution in [0.25, 0.3) is 11.1 Å². The number of rotatable bonds is 4. The van der Waals surface area contributed by atoms with Gasteiger partial charge in [0.15, 0.2) is 0 Å². The summed E-state index contributed by atoms with van der Waals surface area (Å²) in [6.45, 7) is 3.88. The van der Waals surface area contributed by atoms with Gasteiger partial charge in [0.1, 0.15) is 17.5 Å². The third kappa shape index (κ3) is 3.26. The maximum atomic E-state index is 12.5. The maximum Gasteiger partial charge on any atom is 0.264 e. The number of nitrogens with zero attached hydrogens (tertiary/aromatic N) is 2. The predicted molar refractivity (Wildman–Crippen MR) is 95.1 cm³/mol. The van der Waals surface area contributed by atoms with Gasteiger partial charge >= 0.3 is 0 Å². The Bertz CT molecular complexity index is 975. The van der Waals surface area contributed by atoms with E-state index in [1.807, 2.05) is 25.1 Å². The Morgan fingerprint density at radius 3 is 2.92 bits per heavy atom. The van der Waals surface area contributed by atoms with Crippen molar-refractivity contribution >= 4 is 38.6 Å². The molecule has 2 heterocycles. The fraction of sp³-hybridized carbons (Fsp3) is 0.235. The van der Waals surface area contributed by atoms with Crippen molar-refractivity contribution < 1.29 is 9.21 Å². The molecule has 3 rings (SSSR count). The largest absolute Gasteiger partial charge is 0.443 e. The summed E-state index contributed by atoms with van der Waals surface area (Å²) in [7, 11) is 0. The molecule has 0 fully saturated rings. The number of amides is 1. The van der Waals surface area contributed by atoms with Crippen LogP contribution in [0.3, 0.4) is 0 Å². The average molecular weight is 390 g/mol. The van der Waals surface area contributed by atoms with Crippen LogP contribution in [0.4, 0.5) is 5.69 Å². The summed E-state index contributed by atoms with van der Waals surface area (Å²) in [5.74, 6) is 0.514. The minimum absolute atomic E-state index is 0.166. The van der Waals surface area contributed by atoms with E-state index >= 15 is 0 Å². The number of halogens is 1. The van der Waals surface area contributed by atoms with E-state index in [1.54, 1.807) is 13.0 Å². The monoisotopic (exact) mass is 389 g/mol. The molecule has 0 unspecified atom stereocenters. The predicted octanol–water partition coefficient (Wildman–Crippen LogP) is 3.40. The van der Waals surface area contributed by atoms with Crippen LogP contribution >= 0.6 is 15.9 Å². The molecule has 1 amide bonds. The first kappa shape index (κ1) is 16.4. The third-order valence-corrected chi connectivity index (χ3v) is 4.34. The van der Waals surface area contributed by atoms with Gasteiger partial charge < -0.3 is 9.73 Å². The van der Waals surface area contributed by atoms with Crippen LogP contribution < -0.4 is 10.9 Å². The van der Waals surface area contributed by atoms with Gasteiger partial charge in [-0.25, -0.2) is 4.98 Å². The SMILES string of the molecule is Cc1oc2ncn(CCC(=O)Nc3cccc(Br)c3)c(=O)c2c1C. The summed E-state index contributed by atoms with van der Waals surface area (Å²) >= 11 is 3.36. The van der Waals surface area contributed by atoms with Gasteiger partial charge in [-0.15, -0.1) is 0 Å². The van der Waals surface area contributed by atoms with Gasteiger partial charge in [0.2, 0.25) is 11.6 Å². The molecule has 0 atom stereocenters. The van der Waals surface area contributed by atoms with Crippen molar-refractivity contribution in [3.63, 3.8) is 0 Å². The van der Waals surface area contributed by atoms with Gasteiger partial charge in [-0.05, 0) is 32.0 Å². The zero-order valence-corrected chi connectivity index (χ0v) is 14.9. The molecule has 1 aromatic carbocycles. The van der Waals surface area contributed by atoms with Gasteiger partial charge in [-0.1, -0.05) is 22.0 Å². The van der Waals surface area contributed by atoms with Gasteiger partial charge in [0, 0.05) is 28.7 Å². The van der Waals surface area contributed by atoms with Crippen molar-refractivity contribution in [3.05, 3.63) is 56.7 Å². The van der Waals surface area contributed by atoms with E-state index < -0.39 is 0 Å². The number of carbonyl (C=O) groups excluding carboxylic acids is 1. The molecule has 124 valence electrons. The fourth-order valence-electron chi connectivity index (χ4n) is 2.44. The molecular formula is C17H16BrN3O3. The summed E-state index contributed by atoms with van der Waals surface area (Å²) in [6.07, 6.45) is 1.59. The fourth-order valence-corrected chi connectivity index (χ4v) is 2.84. The Hall–Kier alpha value is -2.41. The molecule has 24 heavy (non-hydrogen) atoms.